The van der Waals surface area contributed by atoms with Crippen molar-refractivity contribution < 1.29 is 50.2 Å². The summed E-state index contributed by atoms with van der Waals surface area (Å²) in [6, 6.07) is 35.8. The van der Waals surface area contributed by atoms with Crippen LogP contribution in [0.1, 0.15) is 42.9 Å². The molecule has 37 heavy (non-hydrogen) atoms. The van der Waals surface area contributed by atoms with Crippen molar-refractivity contribution in [1.82, 2.24) is 0 Å². The summed E-state index contributed by atoms with van der Waals surface area (Å²) in [5.74, 6) is 0. The van der Waals surface area contributed by atoms with Gasteiger partial charge in [-0.2, -0.15) is 0 Å². The van der Waals surface area contributed by atoms with Crippen LogP contribution >= 0.6 is 50.5 Å². The number of carbonyl (C=O) groups excluding carboxylic acids is 4. The predicted octanol–water partition coefficient (Wildman–Crippen LogP) is 4.14. The molecule has 0 radical (unpaired) electrons. The van der Waals surface area contributed by atoms with E-state index < -0.39 is 0 Å². The van der Waals surface area contributed by atoms with Crippen molar-refractivity contribution in [2.24, 2.45) is 0 Å². The summed E-state index contributed by atoms with van der Waals surface area (Å²) in [5.41, 5.74) is 2.56. The Kier molecular flexibility index (Phi) is 19.8. The first kappa shape index (κ1) is 35.0. The summed E-state index contributed by atoms with van der Waals surface area (Å²) < 4.78 is 0. The number of thiol groups is 4. The fourth-order valence-electron chi connectivity index (χ4n) is 2.32. The molecule has 0 N–H and O–H groups in total. The quantitative estimate of drug-likeness (QED) is 0.218. The third-order valence-electron chi connectivity index (χ3n) is 4.08. The van der Waals surface area contributed by atoms with Crippen molar-refractivity contribution in [3.63, 3.8) is 0 Å². The molecule has 0 unspecified atom stereocenters. The van der Waals surface area contributed by atoms with Crippen LogP contribution in [0.25, 0.3) is 0 Å². The van der Waals surface area contributed by atoms with E-state index in [0.29, 0.717) is 22.3 Å². The average molecular weight is 577 g/mol. The number of carbonyl (C=O) groups is 4. The number of hydrogen-bond acceptors (Lipinski definition) is 4. The Bertz CT molecular complexity index is 1030. The fourth-order valence-corrected chi connectivity index (χ4v) is 2.92. The Hall–Kier alpha value is -2.04. The molecule has 0 aromatic heterocycles. The van der Waals surface area contributed by atoms with E-state index in [9.17, 15) is 19.2 Å². The second kappa shape index (κ2) is 21.0. The van der Waals surface area contributed by atoms with Gasteiger partial charge in [0, 0.05) is 22.3 Å². The Morgan fingerprint density at radius 3 is 0.568 bits per heavy atom. The zero-order valence-electron chi connectivity index (χ0n) is 21.0. The first-order valence-corrected chi connectivity index (χ1v) is 12.1. The third kappa shape index (κ3) is 16.4. The molecule has 0 atom stereocenters. The van der Waals surface area contributed by atoms with Crippen molar-refractivity contribution >= 4 is 71.0 Å². The van der Waals surface area contributed by atoms with E-state index in [0.717, 1.165) is 0 Å². The van der Waals surface area contributed by atoms with Gasteiger partial charge >= 0.3 is 29.6 Å². The Morgan fingerprint density at radius 1 is 0.351 bits per heavy atom. The molecular weight excluding hydrogens is 552 g/mol. The molecule has 0 aliphatic heterocycles. The van der Waals surface area contributed by atoms with Gasteiger partial charge in [-0.1, -0.05) is 121 Å². The average Bonchev–Trinajstić information content (AvgIpc) is 2.92. The van der Waals surface area contributed by atoms with Gasteiger partial charge in [-0.25, -0.2) is 0 Å². The predicted molar refractivity (Wildman–Crippen MR) is 160 cm³/mol. The standard InChI is InChI=1S/4C7H6OS.Na.H/c4*8-7(9)6-4-2-1-3-5-6;;/h4*1-5H,(H,8,9);;/q;;;;+1;-1. The van der Waals surface area contributed by atoms with Gasteiger partial charge in [-0.3, -0.25) is 19.2 Å². The number of benzene rings is 4. The normalized spacial score (nSPS) is 8.76. The van der Waals surface area contributed by atoms with Crippen molar-refractivity contribution in [3.8, 4) is 0 Å². The smallest absolute Gasteiger partial charge is 1.00 e. The molecule has 0 aliphatic rings. The van der Waals surface area contributed by atoms with Crippen LogP contribution in [0.2, 0.25) is 0 Å². The Labute approximate surface area is 262 Å². The van der Waals surface area contributed by atoms with E-state index in [1.807, 2.05) is 72.8 Å². The fraction of sp³-hybridized carbons (Fsp3) is 0. The molecule has 0 heterocycles. The molecule has 186 valence electrons. The van der Waals surface area contributed by atoms with Gasteiger partial charge in [-0.05, 0) is 0 Å². The second-order valence-corrected chi connectivity index (χ2v) is 8.31. The van der Waals surface area contributed by atoms with Gasteiger partial charge in [0.15, 0.2) is 0 Å². The van der Waals surface area contributed by atoms with E-state index in [4.69, 9.17) is 0 Å². The van der Waals surface area contributed by atoms with Crippen LogP contribution in [0.4, 0.5) is 0 Å². The molecule has 4 rings (SSSR count). The van der Waals surface area contributed by atoms with Gasteiger partial charge < -0.3 is 1.43 Å². The van der Waals surface area contributed by atoms with E-state index in [1.54, 1.807) is 48.5 Å². The summed E-state index contributed by atoms with van der Waals surface area (Å²) in [5, 5.41) is -0.739. The third-order valence-corrected chi connectivity index (χ3v) is 5.12. The molecule has 4 aromatic rings. The van der Waals surface area contributed by atoms with Crippen LogP contribution in [-0.4, -0.2) is 20.5 Å². The summed E-state index contributed by atoms with van der Waals surface area (Å²) in [6.07, 6.45) is 0. The van der Waals surface area contributed by atoms with Crippen LogP contribution in [0.15, 0.2) is 121 Å². The van der Waals surface area contributed by atoms with Gasteiger partial charge in [-0.15, -0.1) is 50.5 Å². The molecule has 0 aliphatic carbocycles. The van der Waals surface area contributed by atoms with Gasteiger partial charge in [0.25, 0.3) is 0 Å². The van der Waals surface area contributed by atoms with Gasteiger partial charge in [0.05, 0.1) is 0 Å². The van der Waals surface area contributed by atoms with Crippen LogP contribution in [0.5, 0.6) is 0 Å². The van der Waals surface area contributed by atoms with Crippen molar-refractivity contribution in [1.29, 1.82) is 0 Å². The monoisotopic (exact) mass is 576 g/mol. The molecule has 0 saturated carbocycles. The minimum Gasteiger partial charge on any atom is -1.00 e. The summed E-state index contributed by atoms with van der Waals surface area (Å²) in [4.78, 5) is 42.0. The largest absolute Gasteiger partial charge is 1.00 e. The van der Waals surface area contributed by atoms with E-state index >= 15 is 0 Å². The van der Waals surface area contributed by atoms with Crippen molar-refractivity contribution in [2.45, 2.75) is 0 Å². The van der Waals surface area contributed by atoms with Crippen LogP contribution in [-0.2, 0) is 0 Å². The van der Waals surface area contributed by atoms with Crippen LogP contribution in [0.3, 0.4) is 0 Å². The van der Waals surface area contributed by atoms with Crippen LogP contribution in [0, 0.1) is 0 Å². The summed E-state index contributed by atoms with van der Waals surface area (Å²) in [7, 11) is 0. The molecular formula is C28H25NaO4S4. The first-order chi connectivity index (χ1) is 17.2. The Balaban J connectivity index is 0. The minimum absolute atomic E-state index is 0. The molecule has 0 saturated heterocycles. The van der Waals surface area contributed by atoms with Crippen LogP contribution < -0.4 is 29.6 Å². The maximum Gasteiger partial charge on any atom is 1.00 e. The summed E-state index contributed by atoms with van der Waals surface area (Å²) >= 11 is 14.6. The van der Waals surface area contributed by atoms with Crippen molar-refractivity contribution in [3.05, 3.63) is 144 Å². The molecule has 0 fully saturated rings. The molecule has 4 aromatic carbocycles. The maximum absolute atomic E-state index is 10.5. The summed E-state index contributed by atoms with van der Waals surface area (Å²) in [6.45, 7) is 0. The van der Waals surface area contributed by atoms with Gasteiger partial charge in [0.2, 0.25) is 20.5 Å². The molecule has 4 nitrogen and oxygen atoms in total. The molecule has 9 heteroatoms. The van der Waals surface area contributed by atoms with E-state index in [-0.39, 0.29) is 51.4 Å². The Morgan fingerprint density at radius 2 is 0.486 bits per heavy atom. The number of hydrogen-bond donors (Lipinski definition) is 4. The minimum atomic E-state index is -0.185. The first-order valence-electron chi connectivity index (χ1n) is 10.4. The van der Waals surface area contributed by atoms with Crippen molar-refractivity contribution in [2.75, 3.05) is 0 Å². The SMILES string of the molecule is O=C(S)c1ccccc1.O=C(S)c1ccccc1.O=C(S)c1ccccc1.O=C(S)c1ccccc1.[H-].[Na+]. The van der Waals surface area contributed by atoms with Gasteiger partial charge in [0.1, 0.15) is 0 Å². The zero-order valence-corrected chi connectivity index (χ0v) is 25.5. The topological polar surface area (TPSA) is 68.3 Å². The molecule has 0 spiro atoms. The zero-order chi connectivity index (χ0) is 26.8. The second-order valence-electron chi connectivity index (χ2n) is 6.68. The van der Waals surface area contributed by atoms with E-state index in [1.165, 1.54) is 0 Å². The van der Waals surface area contributed by atoms with E-state index in [2.05, 4.69) is 50.5 Å². The molecule has 0 bridgehead atoms. The number of rotatable bonds is 4. The molecule has 0 amide bonds. The maximum atomic E-state index is 10.5.